The number of benzene rings is 2. The van der Waals surface area contributed by atoms with Crippen molar-refractivity contribution in [2.24, 2.45) is 0 Å². The Bertz CT molecular complexity index is 887. The number of hydrogen-bond acceptors (Lipinski definition) is 5. The van der Waals surface area contributed by atoms with E-state index in [2.05, 4.69) is 10.1 Å². The molecule has 0 aliphatic rings. The molecule has 0 spiro atoms. The number of alkyl halides is 2. The second-order valence-corrected chi connectivity index (χ2v) is 6.32. The predicted octanol–water partition coefficient (Wildman–Crippen LogP) is 3.89. The summed E-state index contributed by atoms with van der Waals surface area (Å²) in [4.78, 5) is 14.0. The lowest BCUT2D eigenvalue weighted by molar-refractivity contribution is -0.117. The van der Waals surface area contributed by atoms with Crippen LogP contribution in [0.1, 0.15) is 11.1 Å². The van der Waals surface area contributed by atoms with Gasteiger partial charge in [0.05, 0.1) is 24.9 Å². The molecule has 1 N–H and O–H groups in total. The van der Waals surface area contributed by atoms with Crippen molar-refractivity contribution in [1.82, 2.24) is 4.90 Å². The van der Waals surface area contributed by atoms with Gasteiger partial charge in [-0.3, -0.25) is 9.69 Å². The number of rotatable bonds is 8. The van der Waals surface area contributed by atoms with Crippen LogP contribution in [-0.2, 0) is 11.3 Å². The molecule has 0 bridgehead atoms. The zero-order chi connectivity index (χ0) is 20.7. The summed E-state index contributed by atoms with van der Waals surface area (Å²) < 4.78 is 34.2. The number of amides is 1. The first kappa shape index (κ1) is 21.4. The molecule has 2 aromatic carbocycles. The van der Waals surface area contributed by atoms with E-state index in [4.69, 9.17) is 21.6 Å². The Morgan fingerprint density at radius 1 is 1.29 bits per heavy atom. The summed E-state index contributed by atoms with van der Waals surface area (Å²) in [5.41, 5.74) is 1.39. The number of nitrogens with one attached hydrogen (secondary N) is 1. The van der Waals surface area contributed by atoms with E-state index in [-0.39, 0.29) is 24.0 Å². The number of halogens is 3. The van der Waals surface area contributed by atoms with E-state index in [1.54, 1.807) is 30.1 Å². The molecule has 0 saturated carbocycles. The molecular formula is C19H18ClF2N3O3. The maximum Gasteiger partial charge on any atom is 0.387 e. The third-order valence-corrected chi connectivity index (χ3v) is 3.92. The first-order valence-corrected chi connectivity index (χ1v) is 8.50. The molecule has 0 aliphatic carbocycles. The van der Waals surface area contributed by atoms with Crippen molar-refractivity contribution in [2.45, 2.75) is 13.2 Å². The number of anilines is 1. The van der Waals surface area contributed by atoms with E-state index in [9.17, 15) is 13.6 Å². The average Bonchev–Trinajstić information content (AvgIpc) is 2.62. The Morgan fingerprint density at radius 3 is 2.68 bits per heavy atom. The summed E-state index contributed by atoms with van der Waals surface area (Å²) in [6.45, 7) is -2.55. The number of ether oxygens (including phenoxy) is 2. The van der Waals surface area contributed by atoms with Crippen LogP contribution < -0.4 is 14.8 Å². The van der Waals surface area contributed by atoms with E-state index in [0.717, 1.165) is 5.56 Å². The fourth-order valence-electron chi connectivity index (χ4n) is 2.52. The molecule has 0 aromatic heterocycles. The second-order valence-electron chi connectivity index (χ2n) is 5.89. The molecule has 0 saturated heterocycles. The highest BCUT2D eigenvalue weighted by molar-refractivity contribution is 6.31. The van der Waals surface area contributed by atoms with Crippen LogP contribution in [0.3, 0.4) is 0 Å². The van der Waals surface area contributed by atoms with Gasteiger partial charge in [-0.2, -0.15) is 14.0 Å². The molecule has 0 radical (unpaired) electrons. The lowest BCUT2D eigenvalue weighted by Gasteiger charge is -2.18. The number of nitriles is 1. The number of methoxy groups -OCH3 is 1. The second kappa shape index (κ2) is 9.88. The van der Waals surface area contributed by atoms with Crippen LogP contribution in [0.15, 0.2) is 36.4 Å². The zero-order valence-electron chi connectivity index (χ0n) is 15.2. The highest BCUT2D eigenvalue weighted by Gasteiger charge is 2.14. The highest BCUT2D eigenvalue weighted by Crippen LogP contribution is 2.29. The monoisotopic (exact) mass is 409 g/mol. The average molecular weight is 410 g/mol. The summed E-state index contributed by atoms with van der Waals surface area (Å²) in [5, 5.41) is 12.2. The summed E-state index contributed by atoms with van der Waals surface area (Å²) >= 11 is 5.90. The summed E-state index contributed by atoms with van der Waals surface area (Å²) in [6, 6.07) is 11.1. The lowest BCUT2D eigenvalue weighted by Crippen LogP contribution is -2.30. The van der Waals surface area contributed by atoms with Crippen molar-refractivity contribution in [1.29, 1.82) is 5.26 Å². The number of hydrogen-bond donors (Lipinski definition) is 1. The van der Waals surface area contributed by atoms with Crippen molar-refractivity contribution in [3.8, 4) is 17.6 Å². The Hall–Kier alpha value is -2.89. The van der Waals surface area contributed by atoms with Gasteiger partial charge in [-0.1, -0.05) is 17.7 Å². The van der Waals surface area contributed by atoms with Gasteiger partial charge < -0.3 is 14.8 Å². The predicted molar refractivity (Wildman–Crippen MR) is 101 cm³/mol. The van der Waals surface area contributed by atoms with Gasteiger partial charge in [0, 0.05) is 11.6 Å². The molecule has 28 heavy (non-hydrogen) atoms. The van der Waals surface area contributed by atoms with E-state index in [1.807, 2.05) is 6.07 Å². The molecule has 1 amide bonds. The minimum absolute atomic E-state index is 0.0367. The first-order chi connectivity index (χ1) is 13.3. The maximum atomic E-state index is 12.4. The maximum absolute atomic E-state index is 12.4. The SMILES string of the molecule is COc1cc(CN(C)CC(=O)Nc2cc(Cl)ccc2C#N)ccc1OC(F)F. The van der Waals surface area contributed by atoms with Crippen molar-refractivity contribution in [3.63, 3.8) is 0 Å². The third kappa shape index (κ3) is 6.08. The Labute approximate surface area is 166 Å². The van der Waals surface area contributed by atoms with Crippen LogP contribution in [-0.4, -0.2) is 38.1 Å². The Morgan fingerprint density at radius 2 is 2.04 bits per heavy atom. The minimum atomic E-state index is -2.95. The largest absolute Gasteiger partial charge is 0.493 e. The van der Waals surface area contributed by atoms with Crippen molar-refractivity contribution >= 4 is 23.2 Å². The number of nitrogens with zero attached hydrogens (tertiary/aromatic N) is 2. The molecule has 0 unspecified atom stereocenters. The van der Waals surface area contributed by atoms with E-state index >= 15 is 0 Å². The molecule has 0 fully saturated rings. The van der Waals surface area contributed by atoms with Crippen molar-refractivity contribution in [3.05, 3.63) is 52.5 Å². The van der Waals surface area contributed by atoms with Crippen molar-refractivity contribution in [2.75, 3.05) is 26.0 Å². The molecule has 148 valence electrons. The van der Waals surface area contributed by atoms with Gasteiger partial charge in [-0.25, -0.2) is 0 Å². The van der Waals surface area contributed by atoms with Crippen LogP contribution in [0.5, 0.6) is 11.5 Å². The van der Waals surface area contributed by atoms with Gasteiger partial charge in [0.2, 0.25) is 5.91 Å². The van der Waals surface area contributed by atoms with Gasteiger partial charge in [0.25, 0.3) is 0 Å². The fraction of sp³-hybridized carbons (Fsp3) is 0.263. The van der Waals surface area contributed by atoms with Crippen LogP contribution in [0, 0.1) is 11.3 Å². The van der Waals surface area contributed by atoms with Gasteiger partial charge >= 0.3 is 6.61 Å². The highest BCUT2D eigenvalue weighted by atomic mass is 35.5. The van der Waals surface area contributed by atoms with Crippen LogP contribution in [0.2, 0.25) is 5.02 Å². The van der Waals surface area contributed by atoms with E-state index in [0.29, 0.717) is 22.8 Å². The number of likely N-dealkylation sites (N-methyl/N-ethyl adjacent to an activating group) is 1. The third-order valence-electron chi connectivity index (χ3n) is 3.69. The topological polar surface area (TPSA) is 74.6 Å². The first-order valence-electron chi connectivity index (χ1n) is 8.12. The van der Waals surface area contributed by atoms with Gasteiger partial charge in [-0.05, 0) is 42.9 Å². The molecule has 2 aromatic rings. The van der Waals surface area contributed by atoms with E-state index < -0.39 is 6.61 Å². The Balaban J connectivity index is 2.00. The molecule has 2 rings (SSSR count). The minimum Gasteiger partial charge on any atom is -0.493 e. The summed E-state index contributed by atoms with van der Waals surface area (Å²) in [5.74, 6) is -0.217. The molecule has 0 atom stereocenters. The van der Waals surface area contributed by atoms with Gasteiger partial charge in [0.1, 0.15) is 6.07 Å². The van der Waals surface area contributed by atoms with Gasteiger partial charge in [0.15, 0.2) is 11.5 Å². The molecule has 0 heterocycles. The van der Waals surface area contributed by atoms with Crippen LogP contribution >= 0.6 is 11.6 Å². The van der Waals surface area contributed by atoms with Crippen molar-refractivity contribution < 1.29 is 23.0 Å². The quantitative estimate of drug-likeness (QED) is 0.715. The van der Waals surface area contributed by atoms with Gasteiger partial charge in [-0.15, -0.1) is 0 Å². The fourth-order valence-corrected chi connectivity index (χ4v) is 2.70. The molecular weight excluding hydrogens is 392 g/mol. The van der Waals surface area contributed by atoms with Crippen LogP contribution in [0.4, 0.5) is 14.5 Å². The number of carbonyl (C=O) groups is 1. The molecule has 9 heteroatoms. The van der Waals surface area contributed by atoms with E-state index in [1.165, 1.54) is 25.3 Å². The summed E-state index contributed by atoms with van der Waals surface area (Å²) in [6.07, 6.45) is 0. The smallest absolute Gasteiger partial charge is 0.387 e. The summed E-state index contributed by atoms with van der Waals surface area (Å²) in [7, 11) is 3.07. The molecule has 0 aliphatic heterocycles. The van der Waals surface area contributed by atoms with Crippen LogP contribution in [0.25, 0.3) is 0 Å². The molecule has 6 nitrogen and oxygen atoms in total. The number of carbonyl (C=O) groups excluding carboxylic acids is 1. The zero-order valence-corrected chi connectivity index (χ0v) is 16.0. The normalized spacial score (nSPS) is 10.6. The Kier molecular flexibility index (Phi) is 7.55. The standard InChI is InChI=1S/C19H18ClF2N3O3/c1-25(10-12-3-6-16(28-19(21)22)17(7-12)27-2)11-18(26)24-15-8-14(20)5-4-13(15)9-23/h3-8,19H,10-11H2,1-2H3,(H,24,26). The lowest BCUT2D eigenvalue weighted by atomic mass is 10.2.